The Bertz CT molecular complexity index is 760. The van der Waals surface area contributed by atoms with Crippen LogP contribution in [0.15, 0.2) is 44.2 Å². The topological polar surface area (TPSA) is 63.6 Å². The lowest BCUT2D eigenvalue weighted by atomic mass is 10.3. The molecular weight excluding hydrogens is 364 g/mol. The molecule has 1 aromatic carbocycles. The summed E-state index contributed by atoms with van der Waals surface area (Å²) in [6.07, 6.45) is 1.54. The Morgan fingerprint density at radius 3 is 2.78 bits per heavy atom. The molecule has 18 heavy (non-hydrogen) atoms. The molecule has 0 fully saturated rings. The SMILES string of the molecule is O=c1c(Br)c(Br)cnn1-c1nc2ccccc2[nH]1. The molecule has 0 amide bonds. The van der Waals surface area contributed by atoms with Crippen molar-refractivity contribution in [2.24, 2.45) is 0 Å². The van der Waals surface area contributed by atoms with Gasteiger partial charge in [0.1, 0.15) is 4.47 Å². The average Bonchev–Trinajstić information content (AvgIpc) is 2.79. The van der Waals surface area contributed by atoms with E-state index in [-0.39, 0.29) is 5.56 Å². The first-order chi connectivity index (χ1) is 8.66. The highest BCUT2D eigenvalue weighted by molar-refractivity contribution is 9.13. The lowest BCUT2D eigenvalue weighted by molar-refractivity contribution is 0.758. The number of rotatable bonds is 1. The number of hydrogen-bond donors (Lipinski definition) is 1. The number of halogens is 2. The highest BCUT2D eigenvalue weighted by Crippen LogP contribution is 2.18. The van der Waals surface area contributed by atoms with E-state index in [4.69, 9.17) is 0 Å². The molecule has 0 spiro atoms. The van der Waals surface area contributed by atoms with Crippen molar-refractivity contribution in [1.82, 2.24) is 19.7 Å². The Morgan fingerprint density at radius 2 is 2.00 bits per heavy atom. The van der Waals surface area contributed by atoms with Gasteiger partial charge in [-0.2, -0.15) is 9.78 Å². The number of imidazole rings is 1. The second-order valence-electron chi connectivity index (χ2n) is 3.60. The molecular formula is C11H6Br2N4O. The zero-order valence-electron chi connectivity index (χ0n) is 8.89. The first-order valence-electron chi connectivity index (χ1n) is 5.05. The van der Waals surface area contributed by atoms with E-state index in [9.17, 15) is 4.79 Å². The van der Waals surface area contributed by atoms with Gasteiger partial charge in [-0.05, 0) is 44.0 Å². The predicted molar refractivity (Wildman–Crippen MR) is 74.9 cm³/mol. The van der Waals surface area contributed by atoms with Crippen LogP contribution < -0.4 is 5.56 Å². The van der Waals surface area contributed by atoms with Gasteiger partial charge in [0.25, 0.3) is 5.56 Å². The van der Waals surface area contributed by atoms with Crippen LogP contribution in [0.3, 0.4) is 0 Å². The Labute approximate surface area is 118 Å². The Morgan fingerprint density at radius 1 is 1.22 bits per heavy atom. The molecule has 0 atom stereocenters. The first kappa shape index (κ1) is 11.6. The molecule has 3 rings (SSSR count). The van der Waals surface area contributed by atoms with E-state index in [1.807, 2.05) is 24.3 Å². The third kappa shape index (κ3) is 1.79. The number of aromatic nitrogens is 4. The van der Waals surface area contributed by atoms with Crippen molar-refractivity contribution in [2.75, 3.05) is 0 Å². The van der Waals surface area contributed by atoms with Crippen LogP contribution >= 0.6 is 31.9 Å². The van der Waals surface area contributed by atoms with Gasteiger partial charge in [0.15, 0.2) is 0 Å². The van der Waals surface area contributed by atoms with Gasteiger partial charge in [-0.3, -0.25) is 4.79 Å². The maximum atomic E-state index is 12.0. The molecule has 90 valence electrons. The van der Waals surface area contributed by atoms with E-state index in [0.29, 0.717) is 14.9 Å². The highest BCUT2D eigenvalue weighted by Gasteiger charge is 2.11. The van der Waals surface area contributed by atoms with Gasteiger partial charge in [-0.25, -0.2) is 4.98 Å². The largest absolute Gasteiger partial charge is 0.322 e. The van der Waals surface area contributed by atoms with Crippen LogP contribution in [-0.2, 0) is 0 Å². The molecule has 0 saturated heterocycles. The molecule has 1 N–H and O–H groups in total. The standard InChI is InChI=1S/C11H6Br2N4O/c12-6-5-14-17(10(18)9(6)13)11-15-7-3-1-2-4-8(7)16-11/h1-5H,(H,15,16). The molecule has 2 aromatic heterocycles. The van der Waals surface area contributed by atoms with Gasteiger partial charge in [-0.15, -0.1) is 0 Å². The molecule has 0 radical (unpaired) electrons. The van der Waals surface area contributed by atoms with E-state index in [1.165, 1.54) is 4.68 Å². The van der Waals surface area contributed by atoms with Gasteiger partial charge in [0.05, 0.1) is 21.7 Å². The van der Waals surface area contributed by atoms with Gasteiger partial charge in [-0.1, -0.05) is 12.1 Å². The fourth-order valence-electron chi connectivity index (χ4n) is 1.60. The molecule has 0 saturated carbocycles. The minimum Gasteiger partial charge on any atom is -0.322 e. The van der Waals surface area contributed by atoms with E-state index in [0.717, 1.165) is 11.0 Å². The lowest BCUT2D eigenvalue weighted by Gasteiger charge is -2.01. The van der Waals surface area contributed by atoms with E-state index >= 15 is 0 Å². The van der Waals surface area contributed by atoms with Crippen LogP contribution in [0.2, 0.25) is 0 Å². The average molecular weight is 370 g/mol. The predicted octanol–water partition coefficient (Wildman–Crippen LogP) is 2.63. The van der Waals surface area contributed by atoms with Crippen LogP contribution in [0.4, 0.5) is 0 Å². The van der Waals surface area contributed by atoms with Crippen LogP contribution in [0.5, 0.6) is 0 Å². The minimum atomic E-state index is -0.275. The number of benzene rings is 1. The number of H-pyrrole nitrogens is 1. The van der Waals surface area contributed by atoms with Gasteiger partial charge in [0, 0.05) is 0 Å². The highest BCUT2D eigenvalue weighted by atomic mass is 79.9. The minimum absolute atomic E-state index is 0.275. The fraction of sp³-hybridized carbons (Fsp3) is 0. The number of nitrogens with zero attached hydrogens (tertiary/aromatic N) is 3. The molecule has 7 heteroatoms. The van der Waals surface area contributed by atoms with E-state index in [2.05, 4.69) is 46.9 Å². The third-order valence-electron chi connectivity index (χ3n) is 2.45. The summed E-state index contributed by atoms with van der Waals surface area (Å²) in [5.41, 5.74) is 1.38. The van der Waals surface area contributed by atoms with Crippen LogP contribution in [0.25, 0.3) is 17.0 Å². The molecule has 2 heterocycles. The van der Waals surface area contributed by atoms with E-state index in [1.54, 1.807) is 6.20 Å². The monoisotopic (exact) mass is 368 g/mol. The summed E-state index contributed by atoms with van der Waals surface area (Å²) >= 11 is 6.44. The summed E-state index contributed by atoms with van der Waals surface area (Å²) in [6.45, 7) is 0. The summed E-state index contributed by atoms with van der Waals surface area (Å²) in [5.74, 6) is 0.398. The van der Waals surface area contributed by atoms with Crippen molar-refractivity contribution < 1.29 is 0 Å². The maximum Gasteiger partial charge on any atom is 0.289 e. The molecule has 0 unspecified atom stereocenters. The number of nitrogens with one attached hydrogen (secondary N) is 1. The van der Waals surface area contributed by atoms with Gasteiger partial charge < -0.3 is 4.98 Å². The van der Waals surface area contributed by atoms with Gasteiger partial charge >= 0.3 is 0 Å². The molecule has 0 aliphatic heterocycles. The first-order valence-corrected chi connectivity index (χ1v) is 6.64. The summed E-state index contributed by atoms with van der Waals surface area (Å²) in [4.78, 5) is 19.4. The summed E-state index contributed by atoms with van der Waals surface area (Å²) in [5, 5.41) is 4.04. The van der Waals surface area contributed by atoms with Crippen molar-refractivity contribution in [3.05, 3.63) is 49.8 Å². The van der Waals surface area contributed by atoms with Crippen molar-refractivity contribution in [3.63, 3.8) is 0 Å². The zero-order valence-corrected chi connectivity index (χ0v) is 12.1. The molecule has 3 aromatic rings. The fourth-order valence-corrected chi connectivity index (χ4v) is 2.13. The van der Waals surface area contributed by atoms with E-state index < -0.39 is 0 Å². The normalized spacial score (nSPS) is 11.0. The van der Waals surface area contributed by atoms with Crippen molar-refractivity contribution in [1.29, 1.82) is 0 Å². The Kier molecular flexibility index (Phi) is 2.79. The number of aromatic amines is 1. The van der Waals surface area contributed by atoms with Crippen LogP contribution in [0, 0.1) is 0 Å². The molecule has 0 aliphatic rings. The quantitative estimate of drug-likeness (QED) is 0.717. The van der Waals surface area contributed by atoms with Crippen molar-refractivity contribution in [3.8, 4) is 5.95 Å². The summed E-state index contributed by atoms with van der Waals surface area (Å²) in [6, 6.07) is 7.55. The Balaban J connectivity index is 2.26. The molecule has 0 bridgehead atoms. The second kappa shape index (κ2) is 4.33. The Hall–Kier alpha value is -1.47. The van der Waals surface area contributed by atoms with Crippen molar-refractivity contribution >= 4 is 42.9 Å². The van der Waals surface area contributed by atoms with Gasteiger partial charge in [0.2, 0.25) is 5.95 Å². The number of para-hydroxylation sites is 2. The van der Waals surface area contributed by atoms with Crippen LogP contribution in [0.1, 0.15) is 0 Å². The number of hydrogen-bond acceptors (Lipinski definition) is 3. The smallest absolute Gasteiger partial charge is 0.289 e. The summed E-state index contributed by atoms with van der Waals surface area (Å²) in [7, 11) is 0. The lowest BCUT2D eigenvalue weighted by Crippen LogP contribution is -2.22. The second-order valence-corrected chi connectivity index (χ2v) is 5.25. The van der Waals surface area contributed by atoms with Crippen molar-refractivity contribution in [2.45, 2.75) is 0 Å². The molecule has 0 aliphatic carbocycles. The zero-order chi connectivity index (χ0) is 12.7. The third-order valence-corrected chi connectivity index (χ3v) is 4.35. The van der Waals surface area contributed by atoms with Crippen LogP contribution in [-0.4, -0.2) is 19.7 Å². The summed E-state index contributed by atoms with van der Waals surface area (Å²) < 4.78 is 2.24. The molecule has 5 nitrogen and oxygen atoms in total. The number of fused-ring (bicyclic) bond motifs is 1. The maximum absolute atomic E-state index is 12.0.